The summed E-state index contributed by atoms with van der Waals surface area (Å²) in [5, 5.41) is 13.3. The fraction of sp³-hybridized carbons (Fsp3) is 0.333. The van der Waals surface area contributed by atoms with Crippen LogP contribution >= 0.6 is 0 Å². The van der Waals surface area contributed by atoms with E-state index < -0.39 is 0 Å². The molecule has 0 fully saturated rings. The van der Waals surface area contributed by atoms with Crippen molar-refractivity contribution in [1.29, 1.82) is 5.26 Å². The maximum absolute atomic E-state index is 9.20. The van der Waals surface area contributed by atoms with Crippen LogP contribution in [0.1, 0.15) is 19.4 Å². The number of ether oxygens (including phenoxy) is 1. The Labute approximate surface area is 113 Å². The molecule has 0 saturated heterocycles. The molecule has 0 atom stereocenters. The van der Waals surface area contributed by atoms with Gasteiger partial charge in [-0.25, -0.2) is 4.98 Å². The highest BCUT2D eigenvalue weighted by Crippen LogP contribution is 2.20. The largest absolute Gasteiger partial charge is 0.377 e. The van der Waals surface area contributed by atoms with E-state index in [1.165, 1.54) is 0 Å². The number of para-hydroxylation sites is 1. The van der Waals surface area contributed by atoms with Gasteiger partial charge >= 0.3 is 0 Å². The first-order chi connectivity index (χ1) is 9.05. The lowest BCUT2D eigenvalue weighted by atomic mass is 10.1. The Morgan fingerprint density at radius 1 is 1.37 bits per heavy atom. The number of nitriles is 1. The number of rotatable bonds is 4. The molecule has 4 heteroatoms. The quantitative estimate of drug-likeness (QED) is 0.912. The molecule has 0 unspecified atom stereocenters. The van der Waals surface area contributed by atoms with Crippen molar-refractivity contribution in [2.75, 3.05) is 19.0 Å². The minimum Gasteiger partial charge on any atom is -0.377 e. The summed E-state index contributed by atoms with van der Waals surface area (Å²) in [5.41, 5.74) is 1.17. The van der Waals surface area contributed by atoms with E-state index >= 15 is 0 Å². The van der Waals surface area contributed by atoms with E-state index in [-0.39, 0.29) is 5.60 Å². The third-order valence-electron chi connectivity index (χ3n) is 3.08. The first kappa shape index (κ1) is 13.3. The molecular weight excluding hydrogens is 238 g/mol. The molecule has 19 heavy (non-hydrogen) atoms. The van der Waals surface area contributed by atoms with Crippen LogP contribution in [0.5, 0.6) is 0 Å². The zero-order chi connectivity index (χ0) is 13.9. The molecule has 2 aromatic rings. The van der Waals surface area contributed by atoms with E-state index in [0.717, 1.165) is 10.9 Å². The third-order valence-corrected chi connectivity index (χ3v) is 3.08. The van der Waals surface area contributed by atoms with Crippen LogP contribution < -0.4 is 5.32 Å². The van der Waals surface area contributed by atoms with Gasteiger partial charge < -0.3 is 10.1 Å². The van der Waals surface area contributed by atoms with Gasteiger partial charge in [-0.05, 0) is 26.0 Å². The third kappa shape index (κ3) is 3.01. The molecule has 0 radical (unpaired) electrons. The SMILES string of the molecule is COC(C)(C)CNc1cc(C#N)c2ccccc2n1. The summed E-state index contributed by atoms with van der Waals surface area (Å²) in [4.78, 5) is 4.50. The first-order valence-electron chi connectivity index (χ1n) is 6.15. The fourth-order valence-corrected chi connectivity index (χ4v) is 1.73. The summed E-state index contributed by atoms with van der Waals surface area (Å²) in [7, 11) is 1.68. The Kier molecular flexibility index (Phi) is 3.68. The zero-order valence-corrected chi connectivity index (χ0v) is 11.4. The molecular formula is C15H17N3O. The van der Waals surface area contributed by atoms with Crippen LogP contribution in [0, 0.1) is 11.3 Å². The van der Waals surface area contributed by atoms with E-state index in [4.69, 9.17) is 4.74 Å². The topological polar surface area (TPSA) is 57.9 Å². The van der Waals surface area contributed by atoms with Gasteiger partial charge in [-0.1, -0.05) is 18.2 Å². The predicted octanol–water partition coefficient (Wildman–Crippen LogP) is 2.94. The van der Waals surface area contributed by atoms with Crippen LogP contribution in [0.3, 0.4) is 0 Å². The molecule has 1 N–H and O–H groups in total. The van der Waals surface area contributed by atoms with Crippen LogP contribution in [-0.2, 0) is 4.74 Å². The fourth-order valence-electron chi connectivity index (χ4n) is 1.73. The number of nitrogens with one attached hydrogen (secondary N) is 1. The molecule has 0 amide bonds. The van der Waals surface area contributed by atoms with E-state index in [1.54, 1.807) is 13.2 Å². The average Bonchev–Trinajstić information content (AvgIpc) is 2.44. The monoisotopic (exact) mass is 255 g/mol. The van der Waals surface area contributed by atoms with E-state index in [0.29, 0.717) is 17.9 Å². The Balaban J connectivity index is 2.33. The van der Waals surface area contributed by atoms with Gasteiger partial charge in [-0.15, -0.1) is 0 Å². The van der Waals surface area contributed by atoms with Gasteiger partial charge in [0.15, 0.2) is 0 Å². The second-order valence-corrected chi connectivity index (χ2v) is 5.00. The van der Waals surface area contributed by atoms with Gasteiger partial charge in [-0.3, -0.25) is 0 Å². The Bertz CT molecular complexity index is 629. The van der Waals surface area contributed by atoms with Gasteiger partial charge in [0.1, 0.15) is 5.82 Å². The molecule has 0 spiro atoms. The number of fused-ring (bicyclic) bond motifs is 1. The zero-order valence-electron chi connectivity index (χ0n) is 11.4. The summed E-state index contributed by atoms with van der Waals surface area (Å²) in [5.74, 6) is 0.695. The van der Waals surface area contributed by atoms with Crippen LogP contribution in [0.2, 0.25) is 0 Å². The molecule has 0 aliphatic heterocycles. The summed E-state index contributed by atoms with van der Waals surface area (Å²) in [6.45, 7) is 4.61. The number of anilines is 1. The van der Waals surface area contributed by atoms with Crippen molar-refractivity contribution in [2.45, 2.75) is 19.4 Å². The Morgan fingerprint density at radius 3 is 2.79 bits per heavy atom. The molecule has 4 nitrogen and oxygen atoms in total. The van der Waals surface area contributed by atoms with Crippen molar-refractivity contribution in [3.63, 3.8) is 0 Å². The highest BCUT2D eigenvalue weighted by molar-refractivity contribution is 5.86. The molecule has 0 bridgehead atoms. The Morgan fingerprint density at radius 2 is 2.11 bits per heavy atom. The standard InChI is InChI=1S/C15H17N3O/c1-15(2,19-3)10-17-14-8-11(9-16)12-6-4-5-7-13(12)18-14/h4-8H,10H2,1-3H3,(H,17,18). The number of aromatic nitrogens is 1. The summed E-state index contributed by atoms with van der Waals surface area (Å²) < 4.78 is 5.35. The number of methoxy groups -OCH3 is 1. The lowest BCUT2D eigenvalue weighted by Gasteiger charge is -2.23. The highest BCUT2D eigenvalue weighted by Gasteiger charge is 2.16. The van der Waals surface area contributed by atoms with Gasteiger partial charge in [-0.2, -0.15) is 5.26 Å². The normalized spacial score (nSPS) is 11.3. The van der Waals surface area contributed by atoms with Crippen molar-refractivity contribution in [3.05, 3.63) is 35.9 Å². The van der Waals surface area contributed by atoms with Crippen molar-refractivity contribution in [1.82, 2.24) is 4.98 Å². The van der Waals surface area contributed by atoms with Crippen LogP contribution in [0.15, 0.2) is 30.3 Å². The van der Waals surface area contributed by atoms with E-state index in [1.807, 2.05) is 38.1 Å². The Hall–Kier alpha value is -2.12. The number of benzene rings is 1. The molecule has 0 aliphatic carbocycles. The van der Waals surface area contributed by atoms with Crippen molar-refractivity contribution < 1.29 is 4.74 Å². The molecule has 1 heterocycles. The van der Waals surface area contributed by atoms with E-state index in [2.05, 4.69) is 16.4 Å². The number of pyridine rings is 1. The second-order valence-electron chi connectivity index (χ2n) is 5.00. The summed E-state index contributed by atoms with van der Waals surface area (Å²) >= 11 is 0. The van der Waals surface area contributed by atoms with Crippen LogP contribution in [0.25, 0.3) is 10.9 Å². The maximum Gasteiger partial charge on any atom is 0.128 e. The predicted molar refractivity (Wildman–Crippen MR) is 76.0 cm³/mol. The number of hydrogen-bond donors (Lipinski definition) is 1. The first-order valence-corrected chi connectivity index (χ1v) is 6.15. The molecule has 0 saturated carbocycles. The molecule has 1 aromatic carbocycles. The summed E-state index contributed by atoms with van der Waals surface area (Å²) in [6.07, 6.45) is 0. The summed E-state index contributed by atoms with van der Waals surface area (Å²) in [6, 6.07) is 11.6. The lowest BCUT2D eigenvalue weighted by Crippen LogP contribution is -2.32. The molecule has 0 aliphatic rings. The van der Waals surface area contributed by atoms with Crippen molar-refractivity contribution in [2.24, 2.45) is 0 Å². The smallest absolute Gasteiger partial charge is 0.128 e. The van der Waals surface area contributed by atoms with Crippen molar-refractivity contribution >= 4 is 16.7 Å². The minimum atomic E-state index is -0.278. The minimum absolute atomic E-state index is 0.278. The van der Waals surface area contributed by atoms with Gasteiger partial charge in [0.05, 0.1) is 22.8 Å². The van der Waals surface area contributed by atoms with E-state index in [9.17, 15) is 5.26 Å². The lowest BCUT2D eigenvalue weighted by molar-refractivity contribution is 0.0343. The molecule has 1 aromatic heterocycles. The maximum atomic E-state index is 9.20. The average molecular weight is 255 g/mol. The highest BCUT2D eigenvalue weighted by atomic mass is 16.5. The molecule has 2 rings (SSSR count). The van der Waals surface area contributed by atoms with Gasteiger partial charge in [0, 0.05) is 19.0 Å². The second kappa shape index (κ2) is 5.25. The van der Waals surface area contributed by atoms with Crippen LogP contribution in [0.4, 0.5) is 5.82 Å². The van der Waals surface area contributed by atoms with Crippen LogP contribution in [-0.4, -0.2) is 24.2 Å². The van der Waals surface area contributed by atoms with Gasteiger partial charge in [0.2, 0.25) is 0 Å². The molecule has 98 valence electrons. The number of hydrogen-bond acceptors (Lipinski definition) is 4. The van der Waals surface area contributed by atoms with Crippen molar-refractivity contribution in [3.8, 4) is 6.07 Å². The number of nitrogens with zero attached hydrogens (tertiary/aromatic N) is 2. The van der Waals surface area contributed by atoms with Gasteiger partial charge in [0.25, 0.3) is 0 Å².